The molecule has 0 aliphatic heterocycles. The Bertz CT molecular complexity index is 406. The van der Waals surface area contributed by atoms with E-state index in [1.54, 1.807) is 6.92 Å². The highest BCUT2D eigenvalue weighted by Gasteiger charge is 2.16. The predicted octanol–water partition coefficient (Wildman–Crippen LogP) is 1.28. The summed E-state index contributed by atoms with van der Waals surface area (Å²) in [7, 11) is 0. The van der Waals surface area contributed by atoms with Gasteiger partial charge in [0.15, 0.2) is 12.4 Å². The smallest absolute Gasteiger partial charge is 0.258 e. The molecule has 0 saturated heterocycles. The Morgan fingerprint density at radius 1 is 1.62 bits per heavy atom. The molecule has 1 atom stereocenters. The molecule has 16 heavy (non-hydrogen) atoms. The second-order valence-electron chi connectivity index (χ2n) is 3.22. The Hall–Kier alpha value is -1.91. The fraction of sp³-hybridized carbons (Fsp3) is 0.273. The molecule has 0 bridgehead atoms. The van der Waals surface area contributed by atoms with Crippen molar-refractivity contribution in [2.45, 2.75) is 19.4 Å². The van der Waals surface area contributed by atoms with Crippen LogP contribution in [-0.2, 0) is 4.79 Å². The van der Waals surface area contributed by atoms with E-state index in [2.05, 4.69) is 0 Å². The summed E-state index contributed by atoms with van der Waals surface area (Å²) in [6.07, 6.45) is 0.0288. The van der Waals surface area contributed by atoms with Gasteiger partial charge in [0.25, 0.3) is 5.91 Å². The molecule has 0 heterocycles. The zero-order valence-corrected chi connectivity index (χ0v) is 8.77. The number of amides is 1. The van der Waals surface area contributed by atoms with Crippen LogP contribution in [0.1, 0.15) is 23.7 Å². The molecular weight excluding hydrogens is 213 g/mol. The average molecular weight is 225 g/mol. The lowest BCUT2D eigenvalue weighted by molar-refractivity contribution is -0.124. The van der Waals surface area contributed by atoms with Crippen molar-refractivity contribution in [2.24, 2.45) is 5.73 Å². The van der Waals surface area contributed by atoms with Gasteiger partial charge in [0, 0.05) is 0 Å². The van der Waals surface area contributed by atoms with Gasteiger partial charge in [0.05, 0.1) is 5.56 Å². The van der Waals surface area contributed by atoms with Gasteiger partial charge in [-0.1, -0.05) is 6.92 Å². The second kappa shape index (κ2) is 5.25. The van der Waals surface area contributed by atoms with Crippen molar-refractivity contribution < 1.29 is 18.7 Å². The highest BCUT2D eigenvalue weighted by Crippen LogP contribution is 2.19. The minimum Gasteiger partial charge on any atom is -0.480 e. The molecule has 0 fully saturated rings. The van der Waals surface area contributed by atoms with Crippen LogP contribution in [0.2, 0.25) is 0 Å². The van der Waals surface area contributed by atoms with Crippen LogP contribution in [-0.4, -0.2) is 18.3 Å². The number of ether oxygens (including phenoxy) is 1. The minimum atomic E-state index is -0.816. The van der Waals surface area contributed by atoms with Gasteiger partial charge in [-0.15, -0.1) is 0 Å². The third-order valence-corrected chi connectivity index (χ3v) is 2.06. The number of hydrogen-bond donors (Lipinski definition) is 1. The van der Waals surface area contributed by atoms with Crippen molar-refractivity contribution in [3.05, 3.63) is 29.6 Å². The number of aldehydes is 1. The quantitative estimate of drug-likeness (QED) is 0.767. The third-order valence-electron chi connectivity index (χ3n) is 2.06. The van der Waals surface area contributed by atoms with Crippen LogP contribution < -0.4 is 10.5 Å². The molecule has 86 valence electrons. The molecule has 0 aliphatic carbocycles. The molecule has 1 aromatic carbocycles. The maximum atomic E-state index is 12.8. The normalized spacial score (nSPS) is 11.9. The molecule has 1 rings (SSSR count). The molecular formula is C11H12FNO3. The van der Waals surface area contributed by atoms with Crippen molar-refractivity contribution in [1.29, 1.82) is 0 Å². The van der Waals surface area contributed by atoms with E-state index >= 15 is 0 Å². The highest BCUT2D eigenvalue weighted by atomic mass is 19.1. The molecule has 0 radical (unpaired) electrons. The van der Waals surface area contributed by atoms with Gasteiger partial charge in [-0.25, -0.2) is 4.39 Å². The zero-order valence-electron chi connectivity index (χ0n) is 8.77. The molecule has 0 saturated carbocycles. The first-order valence-electron chi connectivity index (χ1n) is 4.79. The number of carbonyl (C=O) groups is 2. The number of benzene rings is 1. The Morgan fingerprint density at radius 2 is 2.31 bits per heavy atom. The fourth-order valence-electron chi connectivity index (χ4n) is 1.21. The van der Waals surface area contributed by atoms with E-state index in [4.69, 9.17) is 10.5 Å². The van der Waals surface area contributed by atoms with Gasteiger partial charge in [-0.3, -0.25) is 9.59 Å². The van der Waals surface area contributed by atoms with Gasteiger partial charge in [-0.05, 0) is 24.6 Å². The third kappa shape index (κ3) is 2.79. The standard InChI is InChI=1S/C11H12FNO3/c1-2-9(11(13)15)16-10-4-3-8(12)5-7(10)6-14/h3-6,9H,2H2,1H3,(H2,13,15). The number of carbonyl (C=O) groups excluding carboxylic acids is 2. The van der Waals surface area contributed by atoms with Crippen LogP contribution in [0, 0.1) is 5.82 Å². The van der Waals surface area contributed by atoms with Crippen molar-refractivity contribution in [2.75, 3.05) is 0 Å². The first-order valence-corrected chi connectivity index (χ1v) is 4.79. The monoisotopic (exact) mass is 225 g/mol. The van der Waals surface area contributed by atoms with Gasteiger partial charge in [0.2, 0.25) is 0 Å². The van der Waals surface area contributed by atoms with Gasteiger partial charge in [0.1, 0.15) is 11.6 Å². The van der Waals surface area contributed by atoms with E-state index in [1.165, 1.54) is 6.07 Å². The molecule has 4 nitrogen and oxygen atoms in total. The summed E-state index contributed by atoms with van der Waals surface area (Å²) < 4.78 is 18.0. The Labute approximate surface area is 92.2 Å². The van der Waals surface area contributed by atoms with Crippen molar-refractivity contribution in [1.82, 2.24) is 0 Å². The molecule has 1 unspecified atom stereocenters. The number of hydrogen-bond acceptors (Lipinski definition) is 3. The lowest BCUT2D eigenvalue weighted by atomic mass is 10.2. The van der Waals surface area contributed by atoms with Crippen molar-refractivity contribution in [3.8, 4) is 5.75 Å². The molecule has 1 amide bonds. The van der Waals surface area contributed by atoms with Gasteiger partial charge >= 0.3 is 0 Å². The number of rotatable bonds is 5. The summed E-state index contributed by atoms with van der Waals surface area (Å²) in [5.74, 6) is -1.01. The lowest BCUT2D eigenvalue weighted by Gasteiger charge is -2.15. The van der Waals surface area contributed by atoms with Crippen LogP contribution in [0.4, 0.5) is 4.39 Å². The Kier molecular flexibility index (Phi) is 3.99. The summed E-state index contributed by atoms with van der Waals surface area (Å²) in [5, 5.41) is 0. The first kappa shape index (κ1) is 12.2. The Morgan fingerprint density at radius 3 is 2.81 bits per heavy atom. The summed E-state index contributed by atoms with van der Waals surface area (Å²) in [5.41, 5.74) is 5.15. The van der Waals surface area contributed by atoms with Crippen LogP contribution in [0.3, 0.4) is 0 Å². The SMILES string of the molecule is CCC(Oc1ccc(F)cc1C=O)C(N)=O. The van der Waals surface area contributed by atoms with Crippen LogP contribution >= 0.6 is 0 Å². The number of nitrogens with two attached hydrogens (primary N) is 1. The van der Waals surface area contributed by atoms with Crippen LogP contribution in [0.15, 0.2) is 18.2 Å². The van der Waals surface area contributed by atoms with E-state index < -0.39 is 17.8 Å². The van der Waals surface area contributed by atoms with Crippen molar-refractivity contribution in [3.63, 3.8) is 0 Å². The maximum Gasteiger partial charge on any atom is 0.258 e. The fourth-order valence-corrected chi connectivity index (χ4v) is 1.21. The summed E-state index contributed by atoms with van der Waals surface area (Å²) in [6.45, 7) is 1.72. The van der Waals surface area contributed by atoms with E-state index in [-0.39, 0.29) is 11.3 Å². The average Bonchev–Trinajstić information content (AvgIpc) is 2.26. The van der Waals surface area contributed by atoms with Crippen LogP contribution in [0.25, 0.3) is 0 Å². The Balaban J connectivity index is 2.95. The highest BCUT2D eigenvalue weighted by molar-refractivity contribution is 5.81. The molecule has 0 aliphatic rings. The number of primary amides is 1. The van der Waals surface area contributed by atoms with E-state index in [0.717, 1.165) is 12.1 Å². The molecule has 0 spiro atoms. The summed E-state index contributed by atoms with van der Waals surface area (Å²) in [4.78, 5) is 21.6. The van der Waals surface area contributed by atoms with Crippen LogP contribution in [0.5, 0.6) is 5.75 Å². The summed E-state index contributed by atoms with van der Waals surface area (Å²) in [6, 6.07) is 3.48. The first-order chi connectivity index (χ1) is 7.58. The molecule has 1 aromatic rings. The number of halogens is 1. The maximum absolute atomic E-state index is 12.8. The second-order valence-corrected chi connectivity index (χ2v) is 3.22. The molecule has 2 N–H and O–H groups in total. The predicted molar refractivity (Wildman–Crippen MR) is 55.7 cm³/mol. The minimum absolute atomic E-state index is 0.0553. The molecule has 5 heteroatoms. The zero-order chi connectivity index (χ0) is 12.1. The summed E-state index contributed by atoms with van der Waals surface area (Å²) >= 11 is 0. The molecule has 0 aromatic heterocycles. The van der Waals surface area contributed by atoms with Gasteiger partial charge < -0.3 is 10.5 Å². The van der Waals surface area contributed by atoms with E-state index in [0.29, 0.717) is 12.7 Å². The lowest BCUT2D eigenvalue weighted by Crippen LogP contribution is -2.33. The largest absolute Gasteiger partial charge is 0.480 e. The topological polar surface area (TPSA) is 69.4 Å². The van der Waals surface area contributed by atoms with E-state index in [9.17, 15) is 14.0 Å². The van der Waals surface area contributed by atoms with Crippen molar-refractivity contribution >= 4 is 12.2 Å². The van der Waals surface area contributed by atoms with E-state index in [1.807, 2.05) is 0 Å². The van der Waals surface area contributed by atoms with Gasteiger partial charge in [-0.2, -0.15) is 0 Å².